The van der Waals surface area contributed by atoms with E-state index >= 15 is 0 Å². The molecule has 1 aliphatic rings. The van der Waals surface area contributed by atoms with Gasteiger partial charge in [0, 0.05) is 30.6 Å². The van der Waals surface area contributed by atoms with Gasteiger partial charge in [0.2, 0.25) is 5.56 Å². The molecule has 1 N–H and O–H groups in total. The summed E-state index contributed by atoms with van der Waals surface area (Å²) in [5.41, 5.74) is 0.341. The van der Waals surface area contributed by atoms with Crippen molar-refractivity contribution >= 4 is 28.5 Å². The van der Waals surface area contributed by atoms with Gasteiger partial charge in [-0.1, -0.05) is 11.6 Å². The first-order valence-corrected chi connectivity index (χ1v) is 7.00. The Hall–Kier alpha value is -1.59. The minimum absolute atomic E-state index is 0.143. The van der Waals surface area contributed by atoms with E-state index in [1.807, 2.05) is 19.9 Å². The molecular weight excluding hydrogens is 278 g/mol. The van der Waals surface area contributed by atoms with Crippen LogP contribution < -0.4 is 10.5 Å². The second kappa shape index (κ2) is 5.07. The smallest absolute Gasteiger partial charge is 0.249 e. The number of nitrogens with one attached hydrogen (secondary N) is 1. The molecule has 5 nitrogen and oxygen atoms in total. The van der Waals surface area contributed by atoms with E-state index in [-0.39, 0.29) is 17.8 Å². The fraction of sp³-hybridized carbons (Fsp3) is 0.429. The van der Waals surface area contributed by atoms with Crippen LogP contribution in [0.15, 0.2) is 23.0 Å². The van der Waals surface area contributed by atoms with Crippen LogP contribution in [0, 0.1) is 0 Å². The van der Waals surface area contributed by atoms with Crippen LogP contribution >= 0.6 is 11.6 Å². The number of rotatable bonds is 1. The molecule has 0 saturated carbocycles. The number of morpholine rings is 1. The van der Waals surface area contributed by atoms with Crippen LogP contribution in [-0.4, -0.2) is 35.3 Å². The molecule has 106 valence electrons. The van der Waals surface area contributed by atoms with Crippen molar-refractivity contribution in [1.82, 2.24) is 9.97 Å². The third-order valence-electron chi connectivity index (χ3n) is 3.38. The normalized spacial score (nSPS) is 23.2. The van der Waals surface area contributed by atoms with Crippen LogP contribution in [0.2, 0.25) is 5.02 Å². The number of aromatic nitrogens is 2. The van der Waals surface area contributed by atoms with Gasteiger partial charge in [-0.25, -0.2) is 4.98 Å². The molecule has 0 aliphatic carbocycles. The minimum atomic E-state index is -0.179. The average molecular weight is 294 g/mol. The zero-order valence-electron chi connectivity index (χ0n) is 11.4. The molecule has 2 atom stereocenters. The van der Waals surface area contributed by atoms with E-state index in [0.717, 1.165) is 24.3 Å². The van der Waals surface area contributed by atoms with E-state index < -0.39 is 0 Å². The summed E-state index contributed by atoms with van der Waals surface area (Å²) < 4.78 is 5.71. The van der Waals surface area contributed by atoms with Crippen LogP contribution in [0.25, 0.3) is 11.0 Å². The summed E-state index contributed by atoms with van der Waals surface area (Å²) >= 11 is 6.29. The van der Waals surface area contributed by atoms with Gasteiger partial charge in [-0.05, 0) is 19.9 Å². The Morgan fingerprint density at radius 1 is 1.35 bits per heavy atom. The highest BCUT2D eigenvalue weighted by Crippen LogP contribution is 2.26. The molecule has 3 rings (SSSR count). The first-order valence-electron chi connectivity index (χ1n) is 6.63. The SMILES string of the molecule is C[C@@H]1CN(c2cc(Cl)c3ccc(=O)[nH]c3n2)C[C@H](C)O1. The van der Waals surface area contributed by atoms with E-state index in [2.05, 4.69) is 14.9 Å². The number of nitrogens with zero attached hydrogens (tertiary/aromatic N) is 2. The van der Waals surface area contributed by atoms with E-state index in [1.165, 1.54) is 6.07 Å². The third kappa shape index (κ3) is 2.51. The Balaban J connectivity index is 2.05. The standard InChI is InChI=1S/C14H16ClN3O2/c1-8-6-18(7-9(2)20-8)12-5-11(15)10-3-4-13(19)17-14(10)16-12/h3-5,8-9H,6-7H2,1-2H3,(H,16,17,19)/t8-,9+. The van der Waals surface area contributed by atoms with Crippen LogP contribution in [-0.2, 0) is 4.74 Å². The van der Waals surface area contributed by atoms with Crippen molar-refractivity contribution in [3.63, 3.8) is 0 Å². The number of fused-ring (bicyclic) bond motifs is 1. The zero-order chi connectivity index (χ0) is 14.3. The number of halogens is 1. The van der Waals surface area contributed by atoms with Gasteiger partial charge in [-0.15, -0.1) is 0 Å². The average Bonchev–Trinajstić information content (AvgIpc) is 2.36. The molecule has 0 bridgehead atoms. The summed E-state index contributed by atoms with van der Waals surface area (Å²) in [7, 11) is 0. The number of pyridine rings is 2. The molecule has 0 radical (unpaired) electrons. The predicted octanol–water partition coefficient (Wildman–Crippen LogP) is 2.19. The molecule has 6 heteroatoms. The summed E-state index contributed by atoms with van der Waals surface area (Å²) in [6, 6.07) is 4.99. The summed E-state index contributed by atoms with van der Waals surface area (Å²) in [5, 5.41) is 1.34. The molecule has 2 aromatic heterocycles. The summed E-state index contributed by atoms with van der Waals surface area (Å²) in [5.74, 6) is 0.770. The highest BCUT2D eigenvalue weighted by atomic mass is 35.5. The van der Waals surface area contributed by atoms with Gasteiger partial charge in [0.15, 0.2) is 0 Å². The monoisotopic (exact) mass is 293 g/mol. The van der Waals surface area contributed by atoms with Crippen molar-refractivity contribution < 1.29 is 4.74 Å². The molecule has 20 heavy (non-hydrogen) atoms. The molecule has 0 unspecified atom stereocenters. The van der Waals surface area contributed by atoms with Gasteiger partial charge in [0.25, 0.3) is 0 Å². The number of hydrogen-bond acceptors (Lipinski definition) is 4. The van der Waals surface area contributed by atoms with E-state index in [9.17, 15) is 4.79 Å². The first kappa shape index (κ1) is 13.4. The maximum absolute atomic E-state index is 11.4. The lowest BCUT2D eigenvalue weighted by Crippen LogP contribution is -2.45. The number of anilines is 1. The van der Waals surface area contributed by atoms with E-state index in [4.69, 9.17) is 16.3 Å². The van der Waals surface area contributed by atoms with E-state index in [1.54, 1.807) is 6.07 Å². The molecule has 1 saturated heterocycles. The largest absolute Gasteiger partial charge is 0.372 e. The quantitative estimate of drug-likeness (QED) is 0.875. The predicted molar refractivity (Wildman–Crippen MR) is 79.6 cm³/mol. The lowest BCUT2D eigenvalue weighted by Gasteiger charge is -2.36. The van der Waals surface area contributed by atoms with Crippen molar-refractivity contribution in [2.24, 2.45) is 0 Å². The highest BCUT2D eigenvalue weighted by Gasteiger charge is 2.23. The van der Waals surface area contributed by atoms with E-state index in [0.29, 0.717) is 10.7 Å². The van der Waals surface area contributed by atoms with Crippen molar-refractivity contribution in [2.75, 3.05) is 18.0 Å². The minimum Gasteiger partial charge on any atom is -0.372 e. The maximum atomic E-state index is 11.4. The van der Waals surface area contributed by atoms with Gasteiger partial charge in [-0.3, -0.25) is 4.79 Å². The fourth-order valence-corrected chi connectivity index (χ4v) is 2.86. The molecule has 1 fully saturated rings. The van der Waals surface area contributed by atoms with Crippen molar-refractivity contribution in [3.05, 3.63) is 33.6 Å². The van der Waals surface area contributed by atoms with Crippen LogP contribution in [0.4, 0.5) is 5.82 Å². The van der Waals surface area contributed by atoms with Crippen LogP contribution in [0.1, 0.15) is 13.8 Å². The first-order chi connectivity index (χ1) is 9.52. The van der Waals surface area contributed by atoms with Gasteiger partial charge in [0.05, 0.1) is 17.2 Å². The fourth-order valence-electron chi connectivity index (χ4n) is 2.61. The third-order valence-corrected chi connectivity index (χ3v) is 3.69. The Kier molecular flexibility index (Phi) is 3.40. The van der Waals surface area contributed by atoms with Crippen LogP contribution in [0.3, 0.4) is 0 Å². The Morgan fingerprint density at radius 3 is 2.75 bits per heavy atom. The number of ether oxygens (including phenoxy) is 1. The topological polar surface area (TPSA) is 58.2 Å². The summed E-state index contributed by atoms with van der Waals surface area (Å²) in [4.78, 5) is 20.8. The molecular formula is C14H16ClN3O2. The summed E-state index contributed by atoms with van der Waals surface area (Å²) in [6.07, 6.45) is 0.287. The molecule has 2 aromatic rings. The zero-order valence-corrected chi connectivity index (χ0v) is 12.1. The maximum Gasteiger partial charge on any atom is 0.249 e. The van der Waals surface area contributed by atoms with Crippen molar-refractivity contribution in [2.45, 2.75) is 26.1 Å². The van der Waals surface area contributed by atoms with Gasteiger partial charge in [-0.2, -0.15) is 0 Å². The molecule has 3 heterocycles. The molecule has 0 spiro atoms. The molecule has 1 aliphatic heterocycles. The lowest BCUT2D eigenvalue weighted by atomic mass is 10.2. The highest BCUT2D eigenvalue weighted by molar-refractivity contribution is 6.35. The van der Waals surface area contributed by atoms with Gasteiger partial charge in [0.1, 0.15) is 11.5 Å². The van der Waals surface area contributed by atoms with Crippen molar-refractivity contribution in [1.29, 1.82) is 0 Å². The second-order valence-corrected chi connectivity index (χ2v) is 5.62. The number of hydrogen-bond donors (Lipinski definition) is 1. The second-order valence-electron chi connectivity index (χ2n) is 5.21. The number of aromatic amines is 1. The molecule has 0 aromatic carbocycles. The van der Waals surface area contributed by atoms with Gasteiger partial charge >= 0.3 is 0 Å². The Bertz CT molecular complexity index is 690. The van der Waals surface area contributed by atoms with Gasteiger partial charge < -0.3 is 14.6 Å². The Morgan fingerprint density at radius 2 is 2.05 bits per heavy atom. The lowest BCUT2D eigenvalue weighted by molar-refractivity contribution is -0.00544. The number of H-pyrrole nitrogens is 1. The summed E-state index contributed by atoms with van der Waals surface area (Å²) in [6.45, 7) is 5.59. The van der Waals surface area contributed by atoms with Crippen LogP contribution in [0.5, 0.6) is 0 Å². The van der Waals surface area contributed by atoms with Crippen molar-refractivity contribution in [3.8, 4) is 0 Å². The molecule has 0 amide bonds. The Labute approximate surface area is 121 Å².